The predicted octanol–water partition coefficient (Wildman–Crippen LogP) is 4.54. The number of carbonyl (C=O) groups is 1. The molecule has 1 aromatic heterocycles. The molecule has 3 aromatic rings. The van der Waals surface area contributed by atoms with Gasteiger partial charge >= 0.3 is 0 Å². The largest absolute Gasteiger partial charge is 0.467 e. The van der Waals surface area contributed by atoms with Crippen molar-refractivity contribution >= 4 is 27.5 Å². The molecule has 0 fully saturated rings. The highest BCUT2D eigenvalue weighted by Crippen LogP contribution is 2.43. The third-order valence-electron chi connectivity index (χ3n) is 4.71. The first kappa shape index (κ1) is 16.3. The van der Waals surface area contributed by atoms with E-state index in [1.807, 2.05) is 48.5 Å². The number of furan rings is 1. The van der Waals surface area contributed by atoms with Crippen LogP contribution in [0.1, 0.15) is 27.8 Å². The molecule has 27 heavy (non-hydrogen) atoms. The average molecular weight is 427 g/mol. The Labute approximate surface area is 163 Å². The van der Waals surface area contributed by atoms with Crippen LogP contribution in [0.3, 0.4) is 0 Å². The molecule has 1 unspecified atom stereocenters. The summed E-state index contributed by atoms with van der Waals surface area (Å²) >= 11 is 3.61. The van der Waals surface area contributed by atoms with Crippen molar-refractivity contribution in [2.45, 2.75) is 12.7 Å². The van der Waals surface area contributed by atoms with E-state index in [-0.39, 0.29) is 18.9 Å². The minimum absolute atomic E-state index is 0.0599. The molecule has 0 aliphatic carbocycles. The summed E-state index contributed by atoms with van der Waals surface area (Å²) in [5.41, 5.74) is 2.32. The van der Waals surface area contributed by atoms with Gasteiger partial charge in [-0.1, -0.05) is 28.1 Å². The zero-order valence-electron chi connectivity index (χ0n) is 14.1. The highest BCUT2D eigenvalue weighted by molar-refractivity contribution is 9.10. The minimum Gasteiger partial charge on any atom is -0.467 e. The molecule has 2 aromatic carbocycles. The number of halogens is 1. The lowest BCUT2D eigenvalue weighted by Gasteiger charge is -2.38. The maximum Gasteiger partial charge on any atom is 0.258 e. The predicted molar refractivity (Wildman–Crippen MR) is 102 cm³/mol. The molecule has 1 atom stereocenters. The second kappa shape index (κ2) is 6.35. The molecular weight excluding hydrogens is 412 g/mol. The number of hydrogen-bond acceptors (Lipinski definition) is 5. The van der Waals surface area contributed by atoms with Gasteiger partial charge in [0.2, 0.25) is 6.79 Å². The first-order chi connectivity index (χ1) is 13.2. The molecule has 2 aliphatic rings. The molecule has 0 radical (unpaired) electrons. The van der Waals surface area contributed by atoms with E-state index < -0.39 is 0 Å². The first-order valence-electron chi connectivity index (χ1n) is 8.48. The Hall–Kier alpha value is -2.93. The van der Waals surface area contributed by atoms with Crippen molar-refractivity contribution in [2.75, 3.05) is 12.1 Å². The molecule has 0 saturated heterocycles. The summed E-state index contributed by atoms with van der Waals surface area (Å²) in [5, 5.41) is 3.48. The Morgan fingerprint density at radius 3 is 2.74 bits per heavy atom. The van der Waals surface area contributed by atoms with Gasteiger partial charge < -0.3 is 24.1 Å². The van der Waals surface area contributed by atoms with E-state index in [0.717, 1.165) is 15.7 Å². The van der Waals surface area contributed by atoms with Gasteiger partial charge in [-0.2, -0.15) is 0 Å². The van der Waals surface area contributed by atoms with Gasteiger partial charge in [-0.15, -0.1) is 0 Å². The molecule has 1 amide bonds. The Bertz CT molecular complexity index is 1020. The summed E-state index contributed by atoms with van der Waals surface area (Å²) in [6, 6.07) is 15.0. The number of hydrogen-bond donors (Lipinski definition) is 1. The van der Waals surface area contributed by atoms with Crippen LogP contribution in [0.4, 0.5) is 5.69 Å². The van der Waals surface area contributed by atoms with Gasteiger partial charge in [0.25, 0.3) is 5.91 Å². The van der Waals surface area contributed by atoms with Crippen molar-refractivity contribution in [3.63, 3.8) is 0 Å². The maximum absolute atomic E-state index is 13.2. The Kier molecular flexibility index (Phi) is 3.82. The topological polar surface area (TPSA) is 63.9 Å². The Morgan fingerprint density at radius 2 is 1.93 bits per heavy atom. The maximum atomic E-state index is 13.2. The number of nitrogens with one attached hydrogen (secondary N) is 1. The molecule has 5 rings (SSSR count). The fourth-order valence-corrected chi connectivity index (χ4v) is 3.95. The van der Waals surface area contributed by atoms with Crippen LogP contribution in [0.25, 0.3) is 0 Å². The minimum atomic E-state index is -0.388. The standard InChI is InChI=1S/C20H15BrN2O4/c21-15-9-18-17(26-11-27-18)8-14(15)19-22-16-6-2-1-5-13(16)20(24)23(19)10-12-4-3-7-25-12/h1-9,19,22H,10-11H2. The van der Waals surface area contributed by atoms with E-state index in [0.29, 0.717) is 29.4 Å². The normalized spacial score (nSPS) is 17.6. The zero-order valence-corrected chi connectivity index (χ0v) is 15.7. The lowest BCUT2D eigenvalue weighted by atomic mass is 10.0. The van der Waals surface area contributed by atoms with Crippen molar-refractivity contribution in [2.24, 2.45) is 0 Å². The molecule has 7 heteroatoms. The summed E-state index contributed by atoms with van der Waals surface area (Å²) in [6.45, 7) is 0.542. The van der Waals surface area contributed by atoms with Gasteiger partial charge in [0, 0.05) is 15.7 Å². The molecule has 3 heterocycles. The Balaban J connectivity index is 1.61. The van der Waals surface area contributed by atoms with E-state index in [4.69, 9.17) is 13.9 Å². The van der Waals surface area contributed by atoms with Crippen molar-refractivity contribution in [1.82, 2.24) is 4.90 Å². The van der Waals surface area contributed by atoms with Crippen LogP contribution in [0.2, 0.25) is 0 Å². The summed E-state index contributed by atoms with van der Waals surface area (Å²) < 4.78 is 17.3. The monoisotopic (exact) mass is 426 g/mol. The molecular formula is C20H15BrN2O4. The molecule has 2 aliphatic heterocycles. The third kappa shape index (κ3) is 2.75. The highest BCUT2D eigenvalue weighted by Gasteiger charge is 2.35. The molecule has 0 saturated carbocycles. The number of nitrogens with zero attached hydrogens (tertiary/aromatic N) is 1. The number of anilines is 1. The summed E-state index contributed by atoms with van der Waals surface area (Å²) in [7, 11) is 0. The van der Waals surface area contributed by atoms with E-state index in [2.05, 4.69) is 21.2 Å². The summed E-state index contributed by atoms with van der Waals surface area (Å²) in [5.74, 6) is 2.01. The van der Waals surface area contributed by atoms with E-state index in [9.17, 15) is 4.79 Å². The Morgan fingerprint density at radius 1 is 1.11 bits per heavy atom. The molecule has 0 bridgehead atoms. The van der Waals surface area contributed by atoms with Gasteiger partial charge in [-0.3, -0.25) is 4.79 Å². The fourth-order valence-electron chi connectivity index (χ4n) is 3.41. The smallest absolute Gasteiger partial charge is 0.258 e. The zero-order chi connectivity index (χ0) is 18.4. The first-order valence-corrected chi connectivity index (χ1v) is 9.28. The van der Waals surface area contributed by atoms with Gasteiger partial charge in [0.1, 0.15) is 11.9 Å². The van der Waals surface area contributed by atoms with Crippen molar-refractivity contribution in [1.29, 1.82) is 0 Å². The summed E-state index contributed by atoms with van der Waals surface area (Å²) in [6.07, 6.45) is 1.22. The molecule has 136 valence electrons. The molecule has 0 spiro atoms. The van der Waals surface area contributed by atoms with Gasteiger partial charge in [0.05, 0.1) is 18.4 Å². The van der Waals surface area contributed by atoms with Gasteiger partial charge in [0.15, 0.2) is 11.5 Å². The number of carbonyl (C=O) groups excluding carboxylic acids is 1. The second-order valence-electron chi connectivity index (χ2n) is 6.33. The van der Waals surface area contributed by atoms with Crippen LogP contribution in [0.5, 0.6) is 11.5 Å². The van der Waals surface area contributed by atoms with E-state index in [1.165, 1.54) is 0 Å². The van der Waals surface area contributed by atoms with Crippen LogP contribution in [-0.2, 0) is 6.54 Å². The van der Waals surface area contributed by atoms with Gasteiger partial charge in [-0.05, 0) is 36.4 Å². The van der Waals surface area contributed by atoms with Crippen molar-refractivity contribution < 1.29 is 18.7 Å². The SMILES string of the molecule is O=C1c2ccccc2NC(c2cc3c(cc2Br)OCO3)N1Cc1ccco1. The molecule has 6 nitrogen and oxygen atoms in total. The number of benzene rings is 2. The number of fused-ring (bicyclic) bond motifs is 2. The second-order valence-corrected chi connectivity index (χ2v) is 7.19. The van der Waals surface area contributed by atoms with Crippen molar-refractivity contribution in [3.05, 3.63) is 76.2 Å². The van der Waals surface area contributed by atoms with Crippen LogP contribution < -0.4 is 14.8 Å². The average Bonchev–Trinajstić information content (AvgIpc) is 3.35. The highest BCUT2D eigenvalue weighted by atomic mass is 79.9. The quantitative estimate of drug-likeness (QED) is 0.665. The fraction of sp³-hybridized carbons (Fsp3) is 0.150. The van der Waals surface area contributed by atoms with E-state index >= 15 is 0 Å². The lowest BCUT2D eigenvalue weighted by molar-refractivity contribution is 0.0650. The molecule has 1 N–H and O–H groups in total. The van der Waals surface area contributed by atoms with Crippen molar-refractivity contribution in [3.8, 4) is 11.5 Å². The number of ether oxygens (including phenoxy) is 2. The summed E-state index contributed by atoms with van der Waals surface area (Å²) in [4.78, 5) is 15.0. The van der Waals surface area contributed by atoms with Crippen LogP contribution in [-0.4, -0.2) is 17.6 Å². The third-order valence-corrected chi connectivity index (χ3v) is 5.40. The number of rotatable bonds is 3. The number of para-hydroxylation sites is 1. The van der Waals surface area contributed by atoms with Crippen LogP contribution in [0, 0.1) is 0 Å². The van der Waals surface area contributed by atoms with Crippen LogP contribution in [0.15, 0.2) is 63.7 Å². The van der Waals surface area contributed by atoms with Crippen LogP contribution >= 0.6 is 15.9 Å². The number of amides is 1. The van der Waals surface area contributed by atoms with Gasteiger partial charge in [-0.25, -0.2) is 0 Å². The lowest BCUT2D eigenvalue weighted by Crippen LogP contribution is -2.42. The van der Waals surface area contributed by atoms with E-state index in [1.54, 1.807) is 11.2 Å².